The number of hydrogen-bond donors (Lipinski definition) is 1. The van der Waals surface area contributed by atoms with Gasteiger partial charge in [-0.05, 0) is 6.42 Å². The van der Waals surface area contributed by atoms with Crippen LogP contribution in [0.15, 0.2) is 4.99 Å². The molecule has 3 heteroatoms. The van der Waals surface area contributed by atoms with E-state index in [2.05, 4.69) is 14.8 Å². The lowest BCUT2D eigenvalue weighted by molar-refractivity contribution is 0.342. The summed E-state index contributed by atoms with van der Waals surface area (Å²) in [5.74, 6) is 1.27. The second-order valence-corrected chi connectivity index (χ2v) is 4.42. The van der Waals surface area contributed by atoms with Crippen LogP contribution in [0.2, 0.25) is 0 Å². The molecule has 0 aromatic carbocycles. The van der Waals surface area contributed by atoms with Crippen molar-refractivity contribution < 1.29 is 0 Å². The van der Waals surface area contributed by atoms with E-state index in [1.807, 2.05) is 0 Å². The van der Waals surface area contributed by atoms with E-state index in [1.54, 1.807) is 0 Å². The van der Waals surface area contributed by atoms with Gasteiger partial charge in [-0.1, -0.05) is 0 Å². The molecule has 51 valence electrons. The number of hydrogen-bond acceptors (Lipinski definition) is 2. The third-order valence-electron chi connectivity index (χ3n) is 1.78. The summed E-state index contributed by atoms with van der Waals surface area (Å²) in [6.07, 6.45) is 1.39. The molecule has 1 atom stereocenters. The van der Waals surface area contributed by atoms with E-state index in [9.17, 15) is 0 Å². The number of rotatable bonds is 1. The van der Waals surface area contributed by atoms with Gasteiger partial charge in [0.1, 0.15) is 5.55 Å². The second-order valence-electron chi connectivity index (χ2n) is 2.41. The zero-order chi connectivity index (χ0) is 6.10. The highest BCUT2D eigenvalue weighted by atomic mass is 32.2. The molecular weight excluding hydrogens is 132 g/mol. The zero-order valence-electron chi connectivity index (χ0n) is 5.38. The highest BCUT2D eigenvalue weighted by molar-refractivity contribution is 8.26. The van der Waals surface area contributed by atoms with Crippen molar-refractivity contribution in [2.75, 3.05) is 25.4 Å². The lowest BCUT2D eigenvalue weighted by atomic mass is 10.3. The minimum atomic E-state index is -0.00296. The maximum atomic E-state index is 4.10. The molecule has 0 aromatic rings. The molecule has 9 heavy (non-hydrogen) atoms. The van der Waals surface area contributed by atoms with E-state index < -0.39 is 0 Å². The summed E-state index contributed by atoms with van der Waals surface area (Å²) >= 11 is -0.00296. The zero-order valence-corrected chi connectivity index (χ0v) is 6.27. The molecule has 0 amide bonds. The average Bonchev–Trinajstić information content (AvgIpc) is 2.11. The van der Waals surface area contributed by atoms with Gasteiger partial charge in [0.15, 0.2) is 0 Å². The predicted molar refractivity (Wildman–Crippen MR) is 42.3 cm³/mol. The third kappa shape index (κ3) is 0.990. The van der Waals surface area contributed by atoms with Crippen LogP contribution in [0.5, 0.6) is 0 Å². The van der Waals surface area contributed by atoms with Crippen LogP contribution < -0.4 is 0 Å². The van der Waals surface area contributed by atoms with Crippen LogP contribution in [0.4, 0.5) is 0 Å². The Labute approximate surface area is 58.4 Å². The molecule has 1 radical (unpaired) electrons. The first-order valence-electron chi connectivity index (χ1n) is 3.41. The van der Waals surface area contributed by atoms with Crippen molar-refractivity contribution in [2.24, 2.45) is 4.99 Å². The average molecular weight is 143 g/mol. The van der Waals surface area contributed by atoms with Gasteiger partial charge in [-0.2, -0.15) is 11.1 Å². The molecule has 0 bridgehead atoms. The summed E-state index contributed by atoms with van der Waals surface area (Å²) in [4.78, 5) is 4.10. The summed E-state index contributed by atoms with van der Waals surface area (Å²) in [5.41, 5.74) is 3.17. The Bertz CT molecular complexity index is 131. The Hall–Kier alpha value is -0.0200. The van der Waals surface area contributed by atoms with Crippen LogP contribution in [-0.2, 0) is 0 Å². The molecule has 2 heterocycles. The fourth-order valence-electron chi connectivity index (χ4n) is 1.07. The number of thiol groups is 1. The standard InChI is InChI=1S/C6H11N2S/c1-3-8(4-1)9-5-2-7-6-9/h9H,1-5H2. The fraction of sp³-hybridized carbons (Fsp3) is 0.833. The summed E-state index contributed by atoms with van der Waals surface area (Å²) in [6, 6.07) is 0. The van der Waals surface area contributed by atoms with Crippen molar-refractivity contribution >= 4 is 16.6 Å². The maximum absolute atomic E-state index is 4.10. The SMILES string of the molecule is [C]1=NCC[SH]1N1CCC1. The molecule has 0 N–H and O–H groups in total. The summed E-state index contributed by atoms with van der Waals surface area (Å²) in [7, 11) is 0. The Morgan fingerprint density at radius 3 is 2.78 bits per heavy atom. The number of nitrogens with zero attached hydrogens (tertiary/aromatic N) is 2. The fourth-order valence-corrected chi connectivity index (χ4v) is 2.90. The van der Waals surface area contributed by atoms with Crippen LogP contribution in [0.25, 0.3) is 0 Å². The van der Waals surface area contributed by atoms with Crippen molar-refractivity contribution in [3.8, 4) is 0 Å². The Kier molecular flexibility index (Phi) is 1.47. The predicted octanol–water partition coefficient (Wildman–Crippen LogP) is 0.527. The molecule has 2 nitrogen and oxygen atoms in total. The lowest BCUT2D eigenvalue weighted by Crippen LogP contribution is -2.34. The van der Waals surface area contributed by atoms with Gasteiger partial charge in [-0.15, -0.1) is 0 Å². The first-order chi connectivity index (χ1) is 4.47. The van der Waals surface area contributed by atoms with Gasteiger partial charge in [-0.25, -0.2) is 0 Å². The minimum absolute atomic E-state index is 0.00296. The van der Waals surface area contributed by atoms with E-state index >= 15 is 0 Å². The smallest absolute Gasteiger partial charge is 0.114 e. The Morgan fingerprint density at radius 2 is 2.33 bits per heavy atom. The summed E-state index contributed by atoms with van der Waals surface area (Å²) in [5, 5.41) is 0. The van der Waals surface area contributed by atoms with Gasteiger partial charge in [0.05, 0.1) is 0 Å². The molecule has 2 aliphatic heterocycles. The monoisotopic (exact) mass is 143 g/mol. The van der Waals surface area contributed by atoms with Crippen LogP contribution in [0.3, 0.4) is 0 Å². The topological polar surface area (TPSA) is 15.6 Å². The summed E-state index contributed by atoms with van der Waals surface area (Å²) < 4.78 is 2.51. The van der Waals surface area contributed by atoms with E-state index in [1.165, 1.54) is 25.3 Å². The van der Waals surface area contributed by atoms with Gasteiger partial charge in [0.25, 0.3) is 0 Å². The van der Waals surface area contributed by atoms with Gasteiger partial charge >= 0.3 is 0 Å². The molecule has 0 aliphatic carbocycles. The molecule has 0 aromatic heterocycles. The van der Waals surface area contributed by atoms with E-state index in [4.69, 9.17) is 0 Å². The molecular formula is C6H11N2S. The molecule has 0 spiro atoms. The van der Waals surface area contributed by atoms with Gasteiger partial charge in [0, 0.05) is 25.4 Å². The van der Waals surface area contributed by atoms with Crippen LogP contribution in [-0.4, -0.2) is 35.2 Å². The largest absolute Gasteiger partial charge is 0.275 e. The minimum Gasteiger partial charge on any atom is -0.275 e. The van der Waals surface area contributed by atoms with Crippen LogP contribution in [0.1, 0.15) is 6.42 Å². The van der Waals surface area contributed by atoms with Gasteiger partial charge in [0.2, 0.25) is 0 Å². The summed E-state index contributed by atoms with van der Waals surface area (Å²) in [6.45, 7) is 3.63. The normalized spacial score (nSPS) is 38.9. The highest BCUT2D eigenvalue weighted by Gasteiger charge is 2.21. The first-order valence-corrected chi connectivity index (χ1v) is 4.89. The molecule has 0 saturated carbocycles. The first kappa shape index (κ1) is 5.74. The number of aliphatic imine (C=N–C) groups is 1. The van der Waals surface area contributed by atoms with Crippen molar-refractivity contribution in [3.63, 3.8) is 0 Å². The Balaban J connectivity index is 1.89. The molecule has 1 fully saturated rings. The third-order valence-corrected chi connectivity index (χ3v) is 3.86. The molecule has 2 rings (SSSR count). The van der Waals surface area contributed by atoms with Gasteiger partial charge in [-0.3, -0.25) is 9.30 Å². The maximum Gasteiger partial charge on any atom is 0.114 e. The van der Waals surface area contributed by atoms with Crippen molar-refractivity contribution in [3.05, 3.63) is 0 Å². The van der Waals surface area contributed by atoms with E-state index in [-0.39, 0.29) is 11.1 Å². The van der Waals surface area contributed by atoms with Crippen molar-refractivity contribution in [2.45, 2.75) is 6.42 Å². The Morgan fingerprint density at radius 1 is 1.44 bits per heavy atom. The second kappa shape index (κ2) is 2.31. The molecule has 1 unspecified atom stereocenters. The van der Waals surface area contributed by atoms with Crippen molar-refractivity contribution in [1.29, 1.82) is 0 Å². The van der Waals surface area contributed by atoms with Crippen LogP contribution >= 0.6 is 11.1 Å². The van der Waals surface area contributed by atoms with E-state index in [0.29, 0.717) is 0 Å². The van der Waals surface area contributed by atoms with Crippen molar-refractivity contribution in [1.82, 2.24) is 4.31 Å². The highest BCUT2D eigenvalue weighted by Crippen LogP contribution is 2.34. The quantitative estimate of drug-likeness (QED) is 0.529. The molecule has 2 aliphatic rings. The van der Waals surface area contributed by atoms with E-state index in [0.717, 1.165) is 6.54 Å². The van der Waals surface area contributed by atoms with Gasteiger partial charge < -0.3 is 0 Å². The van der Waals surface area contributed by atoms with Crippen LogP contribution in [0, 0.1) is 0 Å². The lowest BCUT2D eigenvalue weighted by Gasteiger charge is -2.36. The molecule has 1 saturated heterocycles.